The van der Waals surface area contributed by atoms with E-state index in [1.807, 2.05) is 45.9 Å². The van der Waals surface area contributed by atoms with Gasteiger partial charge in [-0.25, -0.2) is 12.7 Å². The second-order valence-electron chi connectivity index (χ2n) is 7.86. The van der Waals surface area contributed by atoms with Crippen LogP contribution in [-0.2, 0) is 14.8 Å². The molecule has 2 fully saturated rings. The van der Waals surface area contributed by atoms with E-state index < -0.39 is 15.3 Å². The van der Waals surface area contributed by atoms with Crippen molar-refractivity contribution in [3.63, 3.8) is 0 Å². The van der Waals surface area contributed by atoms with Crippen LogP contribution in [0.15, 0.2) is 18.2 Å². The van der Waals surface area contributed by atoms with Crippen LogP contribution in [0.3, 0.4) is 0 Å². The largest absolute Gasteiger partial charge is 0.326 e. The Morgan fingerprint density at radius 2 is 1.81 bits per heavy atom. The summed E-state index contributed by atoms with van der Waals surface area (Å²) < 4.78 is 27.8. The minimum Gasteiger partial charge on any atom is -0.326 e. The summed E-state index contributed by atoms with van der Waals surface area (Å²) in [6, 6.07) is 5.47. The van der Waals surface area contributed by atoms with Crippen LogP contribution >= 0.6 is 0 Å². The van der Waals surface area contributed by atoms with Gasteiger partial charge in [0.1, 0.15) is 5.25 Å². The van der Waals surface area contributed by atoms with Gasteiger partial charge in [0.15, 0.2) is 0 Å². The number of hydrogen-bond donors (Lipinski definition) is 3. The van der Waals surface area contributed by atoms with Crippen molar-refractivity contribution in [3.8, 4) is 0 Å². The highest BCUT2D eigenvalue weighted by atomic mass is 32.2. The molecule has 3 N–H and O–H groups in total. The van der Waals surface area contributed by atoms with Gasteiger partial charge in [0.2, 0.25) is 15.9 Å². The Bertz CT molecular complexity index is 801. The Morgan fingerprint density at radius 3 is 2.44 bits per heavy atom. The zero-order chi connectivity index (χ0) is 19.8. The summed E-state index contributed by atoms with van der Waals surface area (Å²) in [5.74, 6) is -0.440. The molecule has 7 nitrogen and oxygen atoms in total. The van der Waals surface area contributed by atoms with Gasteiger partial charge in [-0.3, -0.25) is 15.6 Å². The van der Waals surface area contributed by atoms with Crippen LogP contribution in [0, 0.1) is 19.8 Å². The number of anilines is 1. The Labute approximate surface area is 161 Å². The lowest BCUT2D eigenvalue weighted by molar-refractivity contribution is -0.120. The lowest BCUT2D eigenvalue weighted by atomic mass is 9.98. The fourth-order valence-corrected chi connectivity index (χ4v) is 6.28. The number of carbonyl (C=O) groups is 1. The zero-order valence-corrected chi connectivity index (χ0v) is 17.3. The number of benzene rings is 1. The van der Waals surface area contributed by atoms with E-state index in [0.29, 0.717) is 19.4 Å². The zero-order valence-electron chi connectivity index (χ0n) is 16.5. The second-order valence-corrected chi connectivity index (χ2v) is 9.95. The average molecular weight is 395 g/mol. The molecule has 1 aromatic rings. The monoisotopic (exact) mass is 394 g/mol. The van der Waals surface area contributed by atoms with E-state index in [9.17, 15) is 13.2 Å². The SMILES string of the molecule is Cc1ccc(NC(=O)C2CCCN(S(=O)(=O)C3C(C)NNC3C)C2)cc1C. The molecule has 27 heavy (non-hydrogen) atoms. The first-order chi connectivity index (χ1) is 12.7. The summed E-state index contributed by atoms with van der Waals surface area (Å²) in [6.07, 6.45) is 1.40. The topological polar surface area (TPSA) is 90.5 Å². The number of hydrazine groups is 1. The first-order valence-corrected chi connectivity index (χ1v) is 11.1. The number of aryl methyl sites for hydroxylation is 2. The quantitative estimate of drug-likeness (QED) is 0.721. The molecule has 0 aromatic heterocycles. The van der Waals surface area contributed by atoms with Crippen molar-refractivity contribution in [3.05, 3.63) is 29.3 Å². The van der Waals surface area contributed by atoms with Gasteiger partial charge in [-0.1, -0.05) is 6.07 Å². The van der Waals surface area contributed by atoms with Crippen LogP contribution in [0.5, 0.6) is 0 Å². The summed E-state index contributed by atoms with van der Waals surface area (Å²) in [6.45, 7) is 8.49. The van der Waals surface area contributed by atoms with E-state index in [2.05, 4.69) is 16.2 Å². The molecular weight excluding hydrogens is 364 g/mol. The van der Waals surface area contributed by atoms with Crippen LogP contribution in [0.1, 0.15) is 37.8 Å². The number of rotatable bonds is 4. The van der Waals surface area contributed by atoms with Crippen molar-refractivity contribution in [2.75, 3.05) is 18.4 Å². The van der Waals surface area contributed by atoms with Crippen molar-refractivity contribution in [2.24, 2.45) is 5.92 Å². The predicted molar refractivity (Wildman–Crippen MR) is 107 cm³/mol. The van der Waals surface area contributed by atoms with Crippen molar-refractivity contribution < 1.29 is 13.2 Å². The molecule has 150 valence electrons. The van der Waals surface area contributed by atoms with Crippen molar-refractivity contribution >= 4 is 21.6 Å². The molecule has 2 saturated heterocycles. The number of carbonyl (C=O) groups excluding carboxylic acids is 1. The molecule has 0 radical (unpaired) electrons. The molecule has 3 rings (SSSR count). The molecule has 2 aliphatic rings. The van der Waals surface area contributed by atoms with Gasteiger partial charge in [0, 0.05) is 30.9 Å². The maximum atomic E-state index is 13.1. The number of nitrogens with one attached hydrogen (secondary N) is 3. The number of hydrogen-bond acceptors (Lipinski definition) is 5. The van der Waals surface area contributed by atoms with E-state index in [1.165, 1.54) is 9.87 Å². The van der Waals surface area contributed by atoms with E-state index in [1.54, 1.807) is 0 Å². The van der Waals surface area contributed by atoms with Crippen LogP contribution in [-0.4, -0.2) is 49.1 Å². The minimum atomic E-state index is -3.48. The molecule has 2 aliphatic heterocycles. The summed E-state index contributed by atoms with van der Waals surface area (Å²) in [5, 5.41) is 2.43. The standard InChI is InChI=1S/C19H30N4O3S/c1-12-7-8-17(10-13(12)2)20-19(24)16-6-5-9-23(11-16)27(25,26)18-14(3)21-22-15(18)4/h7-8,10,14-16,18,21-22H,5-6,9,11H2,1-4H3,(H,20,24). The third kappa shape index (κ3) is 4.18. The summed E-state index contributed by atoms with van der Waals surface area (Å²) >= 11 is 0. The van der Waals surface area contributed by atoms with E-state index in [0.717, 1.165) is 11.3 Å². The van der Waals surface area contributed by atoms with E-state index >= 15 is 0 Å². The van der Waals surface area contributed by atoms with Crippen LogP contribution in [0.4, 0.5) is 5.69 Å². The van der Waals surface area contributed by atoms with Gasteiger partial charge < -0.3 is 5.32 Å². The molecule has 2 heterocycles. The van der Waals surface area contributed by atoms with Gasteiger partial charge in [-0.05, 0) is 63.8 Å². The van der Waals surface area contributed by atoms with Crippen molar-refractivity contribution in [1.29, 1.82) is 0 Å². The van der Waals surface area contributed by atoms with E-state index in [4.69, 9.17) is 0 Å². The molecule has 0 saturated carbocycles. The molecular formula is C19H30N4O3S. The summed E-state index contributed by atoms with van der Waals surface area (Å²) in [7, 11) is -3.48. The molecule has 0 bridgehead atoms. The summed E-state index contributed by atoms with van der Waals surface area (Å²) in [4.78, 5) is 12.7. The molecule has 0 spiro atoms. The Kier molecular flexibility index (Phi) is 5.90. The highest BCUT2D eigenvalue weighted by Gasteiger charge is 2.45. The first kappa shape index (κ1) is 20.3. The Balaban J connectivity index is 1.70. The lowest BCUT2D eigenvalue weighted by Gasteiger charge is -2.34. The predicted octanol–water partition coefficient (Wildman–Crippen LogP) is 1.54. The molecule has 8 heteroatoms. The third-order valence-corrected chi connectivity index (χ3v) is 8.31. The van der Waals surface area contributed by atoms with Gasteiger partial charge in [0.05, 0.1) is 5.92 Å². The van der Waals surface area contributed by atoms with Crippen LogP contribution in [0.25, 0.3) is 0 Å². The fourth-order valence-electron chi connectivity index (χ4n) is 4.00. The number of piperidine rings is 1. The van der Waals surface area contributed by atoms with E-state index in [-0.39, 0.29) is 30.5 Å². The van der Waals surface area contributed by atoms with Crippen LogP contribution in [0.2, 0.25) is 0 Å². The average Bonchev–Trinajstić information content (AvgIpc) is 2.97. The molecule has 1 amide bonds. The van der Waals surface area contributed by atoms with Crippen LogP contribution < -0.4 is 16.2 Å². The van der Waals surface area contributed by atoms with Gasteiger partial charge >= 0.3 is 0 Å². The summed E-state index contributed by atoms with van der Waals surface area (Å²) in [5.41, 5.74) is 9.06. The number of nitrogens with zero attached hydrogens (tertiary/aromatic N) is 1. The maximum absolute atomic E-state index is 13.1. The molecule has 1 aromatic carbocycles. The van der Waals surface area contributed by atoms with Gasteiger partial charge in [0.25, 0.3) is 0 Å². The highest BCUT2D eigenvalue weighted by molar-refractivity contribution is 7.89. The molecule has 3 atom stereocenters. The van der Waals surface area contributed by atoms with Crippen molar-refractivity contribution in [2.45, 2.75) is 57.9 Å². The second kappa shape index (κ2) is 7.87. The maximum Gasteiger partial charge on any atom is 0.228 e. The lowest BCUT2D eigenvalue weighted by Crippen LogP contribution is -2.51. The Morgan fingerprint density at radius 1 is 1.15 bits per heavy atom. The molecule has 0 aliphatic carbocycles. The smallest absolute Gasteiger partial charge is 0.228 e. The van der Waals surface area contributed by atoms with Gasteiger partial charge in [-0.2, -0.15) is 0 Å². The van der Waals surface area contributed by atoms with Gasteiger partial charge in [-0.15, -0.1) is 0 Å². The highest BCUT2D eigenvalue weighted by Crippen LogP contribution is 2.26. The third-order valence-electron chi connectivity index (χ3n) is 5.76. The van der Waals surface area contributed by atoms with Crippen molar-refractivity contribution in [1.82, 2.24) is 15.2 Å². The Hall–Kier alpha value is -1.48. The first-order valence-electron chi connectivity index (χ1n) is 9.58. The normalized spacial score (nSPS) is 29.6. The number of sulfonamides is 1. The molecule has 3 unspecified atom stereocenters. The minimum absolute atomic E-state index is 0.109. The fraction of sp³-hybridized carbons (Fsp3) is 0.632. The number of amides is 1.